The number of nitrogens with one attached hydrogen (secondary N) is 1. The highest BCUT2D eigenvalue weighted by Crippen LogP contribution is 2.27. The molecule has 1 N–H and O–H groups in total. The molecule has 2 aromatic carbocycles. The molecule has 2 aromatic rings. The number of nitro benzene ring substituents is 1. The van der Waals surface area contributed by atoms with Crippen LogP contribution in [0, 0.1) is 24.0 Å². The molecule has 0 saturated carbocycles. The van der Waals surface area contributed by atoms with Crippen molar-refractivity contribution in [2.24, 2.45) is 0 Å². The van der Waals surface area contributed by atoms with Gasteiger partial charge in [-0.1, -0.05) is 17.7 Å². The van der Waals surface area contributed by atoms with Gasteiger partial charge in [0, 0.05) is 37.9 Å². The second-order valence-electron chi connectivity index (χ2n) is 7.40. The van der Waals surface area contributed by atoms with Crippen molar-refractivity contribution in [1.82, 2.24) is 9.21 Å². The van der Waals surface area contributed by atoms with Crippen LogP contribution in [0.2, 0.25) is 5.02 Å². The molecule has 0 spiro atoms. The van der Waals surface area contributed by atoms with Crippen LogP contribution in [0.3, 0.4) is 0 Å². The molecule has 166 valence electrons. The number of carbonyl (C=O) groups is 1. The molecule has 1 aliphatic rings. The average molecular weight is 467 g/mol. The molecule has 0 atom stereocenters. The first-order valence-electron chi connectivity index (χ1n) is 9.61. The Labute approximate surface area is 185 Å². The van der Waals surface area contributed by atoms with Gasteiger partial charge in [0.1, 0.15) is 5.02 Å². The maximum Gasteiger partial charge on any atom is 0.289 e. The second kappa shape index (κ2) is 9.31. The number of rotatable bonds is 6. The number of halogens is 1. The van der Waals surface area contributed by atoms with Crippen LogP contribution in [-0.2, 0) is 14.8 Å². The number of nitrogens with zero attached hydrogens (tertiary/aromatic N) is 3. The van der Waals surface area contributed by atoms with Crippen LogP contribution in [0.25, 0.3) is 0 Å². The molecular weight excluding hydrogens is 444 g/mol. The first-order valence-corrected chi connectivity index (χ1v) is 11.4. The molecule has 11 heteroatoms. The van der Waals surface area contributed by atoms with Crippen molar-refractivity contribution >= 4 is 38.9 Å². The lowest BCUT2D eigenvalue weighted by molar-refractivity contribution is -0.384. The third-order valence-corrected chi connectivity index (χ3v) is 7.46. The Bertz CT molecular complexity index is 1110. The van der Waals surface area contributed by atoms with E-state index >= 15 is 0 Å². The summed E-state index contributed by atoms with van der Waals surface area (Å²) in [6, 6.07) is 9.13. The lowest BCUT2D eigenvalue weighted by Crippen LogP contribution is -2.50. The minimum atomic E-state index is -3.59. The largest absolute Gasteiger partial charge is 0.325 e. The Morgan fingerprint density at radius 3 is 2.39 bits per heavy atom. The molecule has 0 aliphatic carbocycles. The van der Waals surface area contributed by atoms with Gasteiger partial charge in [-0.05, 0) is 49.2 Å². The monoisotopic (exact) mass is 466 g/mol. The Kier molecular flexibility index (Phi) is 6.95. The number of anilines is 1. The van der Waals surface area contributed by atoms with E-state index in [-0.39, 0.29) is 46.8 Å². The van der Waals surface area contributed by atoms with E-state index in [0.29, 0.717) is 13.1 Å². The van der Waals surface area contributed by atoms with Gasteiger partial charge in [-0.25, -0.2) is 8.42 Å². The quantitative estimate of drug-likeness (QED) is 0.517. The Balaban J connectivity index is 1.57. The number of carbonyl (C=O) groups excluding carboxylic acids is 1. The van der Waals surface area contributed by atoms with Crippen LogP contribution < -0.4 is 5.32 Å². The summed E-state index contributed by atoms with van der Waals surface area (Å²) in [6.07, 6.45) is 0. The number of piperazine rings is 1. The molecule has 0 radical (unpaired) electrons. The second-order valence-corrected chi connectivity index (χ2v) is 9.74. The Morgan fingerprint density at radius 1 is 1.10 bits per heavy atom. The molecule has 3 rings (SSSR count). The molecular formula is C20H23ClN4O5S. The molecule has 1 saturated heterocycles. The minimum Gasteiger partial charge on any atom is -0.325 e. The fraction of sp³-hybridized carbons (Fsp3) is 0.350. The van der Waals surface area contributed by atoms with Gasteiger partial charge in [0.05, 0.1) is 16.4 Å². The van der Waals surface area contributed by atoms with E-state index in [2.05, 4.69) is 5.32 Å². The summed E-state index contributed by atoms with van der Waals surface area (Å²) < 4.78 is 27.2. The lowest BCUT2D eigenvalue weighted by atomic mass is 10.1. The van der Waals surface area contributed by atoms with Crippen molar-refractivity contribution < 1.29 is 18.1 Å². The van der Waals surface area contributed by atoms with Crippen molar-refractivity contribution in [3.63, 3.8) is 0 Å². The number of aryl methyl sites for hydroxylation is 2. The van der Waals surface area contributed by atoms with Crippen LogP contribution in [0.5, 0.6) is 0 Å². The number of benzene rings is 2. The predicted octanol–water partition coefficient (Wildman–Crippen LogP) is 2.81. The van der Waals surface area contributed by atoms with Gasteiger partial charge < -0.3 is 5.32 Å². The van der Waals surface area contributed by atoms with Crippen molar-refractivity contribution in [2.75, 3.05) is 38.0 Å². The van der Waals surface area contributed by atoms with Crippen LogP contribution in [0.15, 0.2) is 41.3 Å². The summed E-state index contributed by atoms with van der Waals surface area (Å²) in [6.45, 7) is 5.20. The zero-order valence-electron chi connectivity index (χ0n) is 17.2. The fourth-order valence-electron chi connectivity index (χ4n) is 3.29. The molecule has 1 heterocycles. The molecule has 9 nitrogen and oxygen atoms in total. The molecule has 1 fully saturated rings. The smallest absolute Gasteiger partial charge is 0.289 e. The van der Waals surface area contributed by atoms with Crippen molar-refractivity contribution in [3.8, 4) is 0 Å². The normalized spacial score (nSPS) is 15.6. The number of hydrogen-bond acceptors (Lipinski definition) is 6. The average Bonchev–Trinajstić information content (AvgIpc) is 2.71. The first-order chi connectivity index (χ1) is 14.6. The van der Waals surface area contributed by atoms with Gasteiger partial charge in [0.15, 0.2) is 0 Å². The van der Waals surface area contributed by atoms with Crippen LogP contribution in [0.1, 0.15) is 11.1 Å². The minimum absolute atomic E-state index is 0.0101. The van der Waals surface area contributed by atoms with E-state index in [9.17, 15) is 23.3 Å². The lowest BCUT2D eigenvalue weighted by Gasteiger charge is -2.33. The number of hydrogen-bond donors (Lipinski definition) is 1. The first kappa shape index (κ1) is 23.1. The number of nitro groups is 1. The van der Waals surface area contributed by atoms with E-state index < -0.39 is 14.9 Å². The highest BCUT2D eigenvalue weighted by atomic mass is 35.5. The maximum atomic E-state index is 12.9. The van der Waals surface area contributed by atoms with Crippen LogP contribution >= 0.6 is 11.6 Å². The van der Waals surface area contributed by atoms with Crippen LogP contribution in [0.4, 0.5) is 11.4 Å². The van der Waals surface area contributed by atoms with Gasteiger partial charge in [-0.2, -0.15) is 4.31 Å². The topological polar surface area (TPSA) is 113 Å². The fourth-order valence-corrected chi connectivity index (χ4v) is 4.98. The van der Waals surface area contributed by atoms with Gasteiger partial charge in [0.25, 0.3) is 5.69 Å². The Morgan fingerprint density at radius 2 is 1.77 bits per heavy atom. The molecule has 0 bridgehead atoms. The van der Waals surface area contributed by atoms with Gasteiger partial charge in [0.2, 0.25) is 15.9 Å². The van der Waals surface area contributed by atoms with E-state index in [4.69, 9.17) is 11.6 Å². The van der Waals surface area contributed by atoms with Gasteiger partial charge in [-0.15, -0.1) is 0 Å². The van der Waals surface area contributed by atoms with Crippen molar-refractivity contribution in [1.29, 1.82) is 0 Å². The summed E-state index contributed by atoms with van der Waals surface area (Å²) in [7, 11) is -3.59. The predicted molar refractivity (Wildman–Crippen MR) is 118 cm³/mol. The van der Waals surface area contributed by atoms with Crippen molar-refractivity contribution in [3.05, 3.63) is 62.7 Å². The summed E-state index contributed by atoms with van der Waals surface area (Å²) in [4.78, 5) is 24.8. The molecule has 1 aliphatic heterocycles. The van der Waals surface area contributed by atoms with E-state index in [1.807, 2.05) is 18.7 Å². The zero-order valence-corrected chi connectivity index (χ0v) is 18.7. The highest BCUT2D eigenvalue weighted by molar-refractivity contribution is 7.89. The number of amides is 1. The van der Waals surface area contributed by atoms with Gasteiger partial charge >= 0.3 is 0 Å². The highest BCUT2D eigenvalue weighted by Gasteiger charge is 2.29. The zero-order chi connectivity index (χ0) is 22.8. The summed E-state index contributed by atoms with van der Waals surface area (Å²) >= 11 is 5.78. The van der Waals surface area contributed by atoms with Gasteiger partial charge in [-0.3, -0.25) is 19.8 Å². The molecule has 31 heavy (non-hydrogen) atoms. The summed E-state index contributed by atoms with van der Waals surface area (Å²) in [5, 5.41) is 13.6. The van der Waals surface area contributed by atoms with E-state index in [1.165, 1.54) is 22.5 Å². The summed E-state index contributed by atoms with van der Waals surface area (Å²) in [5.74, 6) is -0.345. The van der Waals surface area contributed by atoms with Crippen LogP contribution in [-0.4, -0.2) is 61.2 Å². The molecule has 0 aromatic heterocycles. The molecule has 1 amide bonds. The summed E-state index contributed by atoms with van der Waals surface area (Å²) in [5.41, 5.74) is 1.93. The Hall–Kier alpha value is -2.53. The SMILES string of the molecule is Cc1ccc(S(=O)(=O)N2CCN(CC(=O)Nc3ccc(Cl)c([N+](=O)[O-])c3)CC2)cc1C. The standard InChI is InChI=1S/C20H23ClN4O5S/c1-14-3-5-17(11-15(14)2)31(29,30)24-9-7-23(8-10-24)13-20(26)22-16-4-6-18(21)19(12-16)25(27)28/h3-6,11-12H,7-10,13H2,1-2H3,(H,22,26). The maximum absolute atomic E-state index is 12.9. The van der Waals surface area contributed by atoms with E-state index in [0.717, 1.165) is 11.1 Å². The number of sulfonamides is 1. The third-order valence-electron chi connectivity index (χ3n) is 5.24. The molecule has 0 unspecified atom stereocenters. The van der Waals surface area contributed by atoms with Crippen molar-refractivity contribution in [2.45, 2.75) is 18.7 Å². The van der Waals surface area contributed by atoms with E-state index in [1.54, 1.807) is 18.2 Å². The third kappa shape index (κ3) is 5.40.